The lowest BCUT2D eigenvalue weighted by atomic mass is 10.0. The molecule has 1 aromatic carbocycles. The van der Waals surface area contributed by atoms with Crippen molar-refractivity contribution in [1.82, 2.24) is 15.2 Å². The van der Waals surface area contributed by atoms with Crippen LogP contribution in [0.25, 0.3) is 6.08 Å². The van der Waals surface area contributed by atoms with Gasteiger partial charge in [-0.15, -0.1) is 18.3 Å². The molecule has 0 atom stereocenters. The number of carbonyl (C=O) groups is 3. The summed E-state index contributed by atoms with van der Waals surface area (Å²) in [6, 6.07) is 10.3. The Kier molecular flexibility index (Phi) is 6.46. The second-order valence-electron chi connectivity index (χ2n) is 6.05. The fourth-order valence-electron chi connectivity index (χ4n) is 2.74. The molecule has 148 valence electrons. The van der Waals surface area contributed by atoms with Crippen LogP contribution >= 0.6 is 11.8 Å². The topological polar surface area (TPSA) is 88.6 Å². The lowest BCUT2D eigenvalue weighted by Crippen LogP contribution is -2.54. The molecule has 3 rings (SSSR count). The van der Waals surface area contributed by atoms with E-state index >= 15 is 0 Å². The van der Waals surface area contributed by atoms with Gasteiger partial charge >= 0.3 is 6.03 Å². The Bertz CT molecular complexity index is 989. The highest BCUT2D eigenvalue weighted by Gasteiger charge is 2.34. The SMILES string of the molecule is C=CCN1C(=O)NC(=O)C(=Cc2ccc(OC)c(CSc3ccccn3)c2)C1=O. The number of ether oxygens (including phenoxy) is 1. The number of nitrogens with one attached hydrogen (secondary N) is 1. The summed E-state index contributed by atoms with van der Waals surface area (Å²) in [5.74, 6) is -0.0869. The van der Waals surface area contributed by atoms with Crippen molar-refractivity contribution in [3.63, 3.8) is 0 Å². The molecule has 1 fully saturated rings. The van der Waals surface area contributed by atoms with Crippen molar-refractivity contribution in [1.29, 1.82) is 0 Å². The second kappa shape index (κ2) is 9.20. The van der Waals surface area contributed by atoms with Gasteiger partial charge in [0.1, 0.15) is 11.3 Å². The van der Waals surface area contributed by atoms with E-state index in [9.17, 15) is 14.4 Å². The van der Waals surface area contributed by atoms with Crippen molar-refractivity contribution in [2.24, 2.45) is 0 Å². The van der Waals surface area contributed by atoms with Gasteiger partial charge in [0.05, 0.1) is 12.1 Å². The van der Waals surface area contributed by atoms with E-state index in [0.29, 0.717) is 17.1 Å². The second-order valence-corrected chi connectivity index (χ2v) is 7.05. The van der Waals surface area contributed by atoms with E-state index in [-0.39, 0.29) is 12.1 Å². The molecule has 1 aliphatic heterocycles. The van der Waals surface area contributed by atoms with E-state index in [0.717, 1.165) is 15.5 Å². The summed E-state index contributed by atoms with van der Waals surface area (Å²) < 4.78 is 5.42. The van der Waals surface area contributed by atoms with Gasteiger partial charge in [0.2, 0.25) is 0 Å². The molecule has 1 aromatic heterocycles. The standard InChI is InChI=1S/C21H19N3O4S/c1-3-10-24-20(26)16(19(25)23-21(24)27)12-14-7-8-17(28-2)15(11-14)13-29-18-6-4-5-9-22-18/h3-9,11-12H,1,10,13H2,2H3,(H,23,25,27). The van der Waals surface area contributed by atoms with Crippen LogP contribution in [-0.2, 0) is 15.3 Å². The number of urea groups is 1. The molecule has 0 spiro atoms. The zero-order valence-electron chi connectivity index (χ0n) is 15.8. The molecule has 0 saturated carbocycles. The maximum atomic E-state index is 12.6. The molecular formula is C21H19N3O4S. The predicted octanol–water partition coefficient (Wildman–Crippen LogP) is 3.03. The molecule has 0 bridgehead atoms. The number of benzene rings is 1. The zero-order valence-corrected chi connectivity index (χ0v) is 16.6. The Labute approximate surface area is 172 Å². The summed E-state index contributed by atoms with van der Waals surface area (Å²) in [7, 11) is 1.58. The van der Waals surface area contributed by atoms with E-state index in [1.807, 2.05) is 24.3 Å². The van der Waals surface area contributed by atoms with E-state index in [4.69, 9.17) is 4.74 Å². The van der Waals surface area contributed by atoms with Crippen LogP contribution in [0.15, 0.2) is 65.8 Å². The highest BCUT2D eigenvalue weighted by Crippen LogP contribution is 2.28. The van der Waals surface area contributed by atoms with Gasteiger partial charge in [0.15, 0.2) is 0 Å². The largest absolute Gasteiger partial charge is 0.496 e. The first-order chi connectivity index (χ1) is 14.0. The number of amides is 4. The van der Waals surface area contributed by atoms with Gasteiger partial charge in [0.25, 0.3) is 11.8 Å². The maximum absolute atomic E-state index is 12.6. The normalized spacial score (nSPS) is 15.4. The molecule has 2 aromatic rings. The van der Waals surface area contributed by atoms with E-state index in [2.05, 4.69) is 16.9 Å². The van der Waals surface area contributed by atoms with Crippen LogP contribution in [0.3, 0.4) is 0 Å². The van der Waals surface area contributed by atoms with E-state index in [1.54, 1.807) is 37.2 Å². The van der Waals surface area contributed by atoms with Gasteiger partial charge in [-0.2, -0.15) is 0 Å². The highest BCUT2D eigenvalue weighted by atomic mass is 32.2. The number of aromatic nitrogens is 1. The van der Waals surface area contributed by atoms with Crippen molar-refractivity contribution in [2.45, 2.75) is 10.8 Å². The predicted molar refractivity (Wildman–Crippen MR) is 110 cm³/mol. The third-order valence-electron chi connectivity index (χ3n) is 4.13. The van der Waals surface area contributed by atoms with Crippen molar-refractivity contribution in [3.8, 4) is 5.75 Å². The Balaban J connectivity index is 1.88. The molecule has 1 N–H and O–H groups in total. The number of pyridine rings is 1. The maximum Gasteiger partial charge on any atom is 0.331 e. The average Bonchev–Trinajstić information content (AvgIpc) is 2.73. The van der Waals surface area contributed by atoms with Gasteiger partial charge in [0, 0.05) is 24.1 Å². The molecule has 1 aliphatic rings. The summed E-state index contributed by atoms with van der Waals surface area (Å²) in [6.45, 7) is 3.55. The van der Waals surface area contributed by atoms with Gasteiger partial charge in [-0.05, 0) is 35.9 Å². The lowest BCUT2D eigenvalue weighted by Gasteiger charge is -2.25. The van der Waals surface area contributed by atoms with Crippen LogP contribution in [0.4, 0.5) is 4.79 Å². The fourth-order valence-corrected chi connectivity index (χ4v) is 3.58. The Morgan fingerprint density at radius 2 is 2.07 bits per heavy atom. The van der Waals surface area contributed by atoms with Crippen molar-refractivity contribution < 1.29 is 19.1 Å². The first-order valence-corrected chi connectivity index (χ1v) is 9.72. The number of methoxy groups -OCH3 is 1. The van der Waals surface area contributed by atoms with Crippen molar-refractivity contribution in [2.75, 3.05) is 13.7 Å². The molecular weight excluding hydrogens is 390 g/mol. The number of hydrogen-bond acceptors (Lipinski definition) is 6. The Morgan fingerprint density at radius 3 is 2.76 bits per heavy atom. The third-order valence-corrected chi connectivity index (χ3v) is 5.12. The zero-order chi connectivity index (χ0) is 20.8. The first-order valence-electron chi connectivity index (χ1n) is 8.74. The summed E-state index contributed by atoms with van der Waals surface area (Å²) in [6.07, 6.45) is 4.61. The monoisotopic (exact) mass is 409 g/mol. The summed E-state index contributed by atoms with van der Waals surface area (Å²) in [4.78, 5) is 41.8. The van der Waals surface area contributed by atoms with Gasteiger partial charge in [-0.25, -0.2) is 9.78 Å². The quantitative estimate of drug-likeness (QED) is 0.327. The number of rotatable bonds is 7. The summed E-state index contributed by atoms with van der Waals surface area (Å²) in [5, 5.41) is 3.05. The van der Waals surface area contributed by atoms with Crippen LogP contribution < -0.4 is 10.1 Å². The average molecular weight is 409 g/mol. The van der Waals surface area contributed by atoms with Crippen LogP contribution in [0.2, 0.25) is 0 Å². The minimum absolute atomic E-state index is 0.0177. The van der Waals surface area contributed by atoms with Crippen molar-refractivity contribution >= 4 is 35.7 Å². The fraction of sp³-hybridized carbons (Fsp3) is 0.143. The molecule has 7 nitrogen and oxygen atoms in total. The molecule has 0 aliphatic carbocycles. The smallest absolute Gasteiger partial charge is 0.331 e. The molecule has 4 amide bonds. The van der Waals surface area contributed by atoms with E-state index in [1.165, 1.54) is 12.2 Å². The Hall–Kier alpha value is -3.39. The van der Waals surface area contributed by atoms with Crippen LogP contribution in [0.1, 0.15) is 11.1 Å². The summed E-state index contributed by atoms with van der Waals surface area (Å²) in [5.41, 5.74) is 1.42. The van der Waals surface area contributed by atoms with Gasteiger partial charge < -0.3 is 4.74 Å². The lowest BCUT2D eigenvalue weighted by molar-refractivity contribution is -0.129. The molecule has 0 unspecified atom stereocenters. The van der Waals surface area contributed by atoms with E-state index < -0.39 is 17.8 Å². The molecule has 8 heteroatoms. The number of thioether (sulfide) groups is 1. The molecule has 1 saturated heterocycles. The number of carbonyl (C=O) groups excluding carboxylic acids is 3. The minimum Gasteiger partial charge on any atom is -0.496 e. The summed E-state index contributed by atoms with van der Waals surface area (Å²) >= 11 is 1.54. The third kappa shape index (κ3) is 4.72. The van der Waals surface area contributed by atoms with Crippen LogP contribution in [0.5, 0.6) is 5.75 Å². The number of hydrogen-bond donors (Lipinski definition) is 1. The highest BCUT2D eigenvalue weighted by molar-refractivity contribution is 7.98. The van der Waals surface area contributed by atoms with Gasteiger partial charge in [-0.3, -0.25) is 19.8 Å². The van der Waals surface area contributed by atoms with Gasteiger partial charge in [-0.1, -0.05) is 18.2 Å². The minimum atomic E-state index is -0.751. The number of barbiturate groups is 1. The first kappa shape index (κ1) is 20.3. The van der Waals surface area contributed by atoms with Crippen LogP contribution in [-0.4, -0.2) is 41.4 Å². The molecule has 29 heavy (non-hydrogen) atoms. The van der Waals surface area contributed by atoms with Crippen LogP contribution in [0, 0.1) is 0 Å². The number of imide groups is 2. The molecule has 2 heterocycles. The van der Waals surface area contributed by atoms with Crippen molar-refractivity contribution in [3.05, 3.63) is 72.0 Å². The molecule has 0 radical (unpaired) electrons. The number of nitrogens with zero attached hydrogens (tertiary/aromatic N) is 2. The Morgan fingerprint density at radius 1 is 1.24 bits per heavy atom.